The summed E-state index contributed by atoms with van der Waals surface area (Å²) in [6.07, 6.45) is 5.19. The minimum atomic E-state index is -1.45. The summed E-state index contributed by atoms with van der Waals surface area (Å²) in [6.45, 7) is 16.2. The largest absolute Gasteiger partial charge is 0.481 e. The van der Waals surface area contributed by atoms with Crippen molar-refractivity contribution < 1.29 is 39.8 Å². The topological polar surface area (TPSA) is 137 Å². The Hall–Kier alpha value is -1.03. The molecule has 4 saturated carbocycles. The van der Waals surface area contributed by atoms with Crippen molar-refractivity contribution in [2.75, 3.05) is 6.61 Å². The summed E-state index contributed by atoms with van der Waals surface area (Å²) in [5.41, 5.74) is 0.809. The zero-order chi connectivity index (χ0) is 32.3. The van der Waals surface area contributed by atoms with Crippen LogP contribution in [0.2, 0.25) is 0 Å². The third kappa shape index (κ3) is 4.40. The average molecular weight is 619 g/mol. The maximum Gasteiger partial charge on any atom is 0.310 e. The SMILES string of the molecule is CC1(C)CC[C@]2(C(=O)O)CC[C@]3(C)C(=CC[C@@H]4[C@@]5(C)CC[C@H](O[C@@H]6O[C@H](CO)[C@@H](O)[C@H](O)[C@H]6O)C(C)(C)[C@@H]5CC[C@]43C)[C@@H]2C1. The number of aliphatic carboxylic acids is 1. The first kappa shape index (κ1) is 32.9. The number of carbonyl (C=O) groups is 1. The Morgan fingerprint density at radius 3 is 2.23 bits per heavy atom. The van der Waals surface area contributed by atoms with Crippen LogP contribution in [0.3, 0.4) is 0 Å². The second-order valence-electron chi connectivity index (χ2n) is 17.9. The molecule has 6 aliphatic rings. The first-order valence-electron chi connectivity index (χ1n) is 17.3. The number of fused-ring (bicyclic) bond motifs is 7. The molecule has 1 saturated heterocycles. The fourth-order valence-electron chi connectivity index (χ4n) is 12.2. The Kier molecular flexibility index (Phi) is 7.84. The van der Waals surface area contributed by atoms with Crippen molar-refractivity contribution in [1.82, 2.24) is 0 Å². The van der Waals surface area contributed by atoms with Gasteiger partial charge >= 0.3 is 5.97 Å². The van der Waals surface area contributed by atoms with E-state index in [0.717, 1.165) is 64.2 Å². The molecule has 0 bridgehead atoms. The lowest BCUT2D eigenvalue weighted by Gasteiger charge is -2.71. The Balaban J connectivity index is 1.29. The number of aliphatic hydroxyl groups excluding tert-OH is 4. The molecule has 0 amide bonds. The van der Waals surface area contributed by atoms with E-state index in [1.807, 2.05) is 0 Å². The summed E-state index contributed by atoms with van der Waals surface area (Å²) in [4.78, 5) is 12.9. The van der Waals surface area contributed by atoms with E-state index in [9.17, 15) is 30.3 Å². The van der Waals surface area contributed by atoms with Gasteiger partial charge in [-0.2, -0.15) is 0 Å². The van der Waals surface area contributed by atoms with Gasteiger partial charge in [-0.25, -0.2) is 0 Å². The number of hydrogen-bond acceptors (Lipinski definition) is 7. The molecule has 8 nitrogen and oxygen atoms in total. The molecule has 0 aromatic heterocycles. The highest BCUT2D eigenvalue weighted by atomic mass is 16.7. The number of carboxylic acid groups (broad SMARTS) is 1. The first-order valence-corrected chi connectivity index (χ1v) is 17.3. The molecular formula is C36H58O8. The van der Waals surface area contributed by atoms with Gasteiger partial charge in [0.25, 0.3) is 0 Å². The Bertz CT molecular complexity index is 1180. The van der Waals surface area contributed by atoms with Crippen LogP contribution in [0.5, 0.6) is 0 Å². The molecule has 0 unspecified atom stereocenters. The molecule has 250 valence electrons. The number of allylic oxidation sites excluding steroid dienone is 2. The van der Waals surface area contributed by atoms with Gasteiger partial charge < -0.3 is 35.0 Å². The predicted octanol–water partition coefficient (Wildman–Crippen LogP) is 5.06. The van der Waals surface area contributed by atoms with Gasteiger partial charge in [-0.1, -0.05) is 60.1 Å². The van der Waals surface area contributed by atoms with Gasteiger partial charge in [0.1, 0.15) is 24.4 Å². The number of carboxylic acids is 1. The van der Waals surface area contributed by atoms with Crippen molar-refractivity contribution in [3.05, 3.63) is 11.6 Å². The normalized spacial score (nSPS) is 52.9. The summed E-state index contributed by atoms with van der Waals surface area (Å²) in [5, 5.41) is 51.7. The molecule has 0 radical (unpaired) electrons. The molecule has 1 aliphatic heterocycles. The molecule has 44 heavy (non-hydrogen) atoms. The molecule has 0 spiro atoms. The molecule has 1 heterocycles. The van der Waals surface area contributed by atoms with E-state index < -0.39 is 48.7 Å². The Morgan fingerprint density at radius 2 is 1.57 bits per heavy atom. The summed E-state index contributed by atoms with van der Waals surface area (Å²) < 4.78 is 12.2. The van der Waals surface area contributed by atoms with Crippen LogP contribution in [0.15, 0.2) is 11.6 Å². The van der Waals surface area contributed by atoms with E-state index in [1.54, 1.807) is 0 Å². The fourth-order valence-corrected chi connectivity index (χ4v) is 12.2. The van der Waals surface area contributed by atoms with Crippen molar-refractivity contribution in [3.8, 4) is 0 Å². The van der Waals surface area contributed by atoms with Gasteiger partial charge in [0.05, 0.1) is 18.1 Å². The highest BCUT2D eigenvalue weighted by Crippen LogP contribution is 2.76. The standard InChI is InChI=1S/C36H58O8/c1-31(2)14-16-36(30(41)42)17-15-34(6)20(21(36)18-31)8-9-24-33(5)12-11-25(32(3,4)23(33)10-13-35(24,34)7)44-29-28(40)27(39)26(38)22(19-37)43-29/h8,21-29,37-40H,9-19H2,1-7H3,(H,41,42)/t21-,22+,23-,24+,25-,26+,27-,28+,29-,33-,34+,35+,36-/m0/s1. The van der Waals surface area contributed by atoms with Crippen molar-refractivity contribution in [2.45, 2.75) is 149 Å². The molecule has 13 atom stereocenters. The summed E-state index contributed by atoms with van der Waals surface area (Å²) in [6, 6.07) is 0. The maximum absolute atomic E-state index is 12.9. The lowest BCUT2D eigenvalue weighted by molar-refractivity contribution is -0.330. The average Bonchev–Trinajstić information content (AvgIpc) is 2.94. The molecule has 0 aromatic carbocycles. The minimum absolute atomic E-state index is 0.0330. The molecule has 5 N–H and O–H groups in total. The quantitative estimate of drug-likeness (QED) is 0.218. The van der Waals surface area contributed by atoms with E-state index in [0.29, 0.717) is 11.8 Å². The number of aliphatic hydroxyl groups is 4. The van der Waals surface area contributed by atoms with Crippen molar-refractivity contribution in [2.24, 2.45) is 50.2 Å². The van der Waals surface area contributed by atoms with Gasteiger partial charge in [-0.3, -0.25) is 4.79 Å². The molecule has 0 aromatic rings. The summed E-state index contributed by atoms with van der Waals surface area (Å²) in [5.74, 6) is 0.336. The van der Waals surface area contributed by atoms with Crippen LogP contribution < -0.4 is 0 Å². The van der Waals surface area contributed by atoms with E-state index in [1.165, 1.54) is 5.57 Å². The predicted molar refractivity (Wildman–Crippen MR) is 165 cm³/mol. The van der Waals surface area contributed by atoms with Crippen LogP contribution in [0.25, 0.3) is 0 Å². The molecule has 5 aliphatic carbocycles. The molecule has 5 fully saturated rings. The second-order valence-corrected chi connectivity index (χ2v) is 17.9. The third-order valence-electron chi connectivity index (χ3n) is 15.1. The van der Waals surface area contributed by atoms with Gasteiger partial charge in [0.15, 0.2) is 6.29 Å². The van der Waals surface area contributed by atoms with Crippen LogP contribution in [0.1, 0.15) is 113 Å². The number of ether oxygens (including phenoxy) is 2. The maximum atomic E-state index is 12.9. The van der Waals surface area contributed by atoms with Crippen LogP contribution in [0, 0.1) is 50.2 Å². The second kappa shape index (κ2) is 10.5. The molecule has 8 heteroatoms. The van der Waals surface area contributed by atoms with Crippen LogP contribution >= 0.6 is 0 Å². The van der Waals surface area contributed by atoms with E-state index in [4.69, 9.17) is 9.47 Å². The fraction of sp³-hybridized carbons (Fsp3) is 0.917. The van der Waals surface area contributed by atoms with E-state index in [2.05, 4.69) is 54.5 Å². The number of hydrogen-bond donors (Lipinski definition) is 5. The lowest BCUT2D eigenvalue weighted by atomic mass is 9.33. The highest BCUT2D eigenvalue weighted by Gasteiger charge is 2.69. The zero-order valence-corrected chi connectivity index (χ0v) is 28.0. The molecule has 6 rings (SSSR count). The van der Waals surface area contributed by atoms with Crippen LogP contribution in [0.4, 0.5) is 0 Å². The highest BCUT2D eigenvalue weighted by molar-refractivity contribution is 5.76. The van der Waals surface area contributed by atoms with E-state index in [-0.39, 0.29) is 39.1 Å². The monoisotopic (exact) mass is 618 g/mol. The first-order chi connectivity index (χ1) is 20.4. The van der Waals surface area contributed by atoms with Gasteiger partial charge in [-0.15, -0.1) is 0 Å². The van der Waals surface area contributed by atoms with Gasteiger partial charge in [0, 0.05) is 0 Å². The third-order valence-corrected chi connectivity index (χ3v) is 15.1. The Morgan fingerprint density at radius 1 is 0.886 bits per heavy atom. The van der Waals surface area contributed by atoms with Gasteiger partial charge in [0.2, 0.25) is 0 Å². The van der Waals surface area contributed by atoms with Gasteiger partial charge in [-0.05, 0) is 109 Å². The lowest BCUT2D eigenvalue weighted by Crippen LogP contribution is -2.66. The number of rotatable bonds is 4. The minimum Gasteiger partial charge on any atom is -0.481 e. The van der Waals surface area contributed by atoms with Crippen LogP contribution in [-0.4, -0.2) is 74.9 Å². The smallest absolute Gasteiger partial charge is 0.310 e. The van der Waals surface area contributed by atoms with Crippen molar-refractivity contribution >= 4 is 5.97 Å². The zero-order valence-electron chi connectivity index (χ0n) is 28.0. The van der Waals surface area contributed by atoms with Crippen molar-refractivity contribution in [3.63, 3.8) is 0 Å². The summed E-state index contributed by atoms with van der Waals surface area (Å²) >= 11 is 0. The van der Waals surface area contributed by atoms with E-state index >= 15 is 0 Å². The summed E-state index contributed by atoms with van der Waals surface area (Å²) in [7, 11) is 0. The molecular weight excluding hydrogens is 560 g/mol. The Labute approximate surface area is 263 Å². The van der Waals surface area contributed by atoms with Crippen molar-refractivity contribution in [1.29, 1.82) is 0 Å². The van der Waals surface area contributed by atoms with Crippen LogP contribution in [-0.2, 0) is 14.3 Å².